The van der Waals surface area contributed by atoms with E-state index >= 15 is 0 Å². The largest absolute Gasteiger partial charge is 0.269 e. The van der Waals surface area contributed by atoms with Crippen LogP contribution in [-0.4, -0.2) is 44.3 Å². The molecule has 0 fully saturated rings. The second-order valence-electron chi connectivity index (χ2n) is 6.05. The molecule has 5 aromatic heterocycles. The number of rotatable bonds is 4. The van der Waals surface area contributed by atoms with E-state index in [1.54, 1.807) is 34.3 Å². The third kappa shape index (κ3) is 2.65. The monoisotopic (exact) mass is 453 g/mol. The minimum Gasteiger partial charge on any atom is -0.259 e. The Kier molecular flexibility index (Phi) is 3.77. The number of fused-ring (bicyclic) bond motifs is 4. The SMILES string of the molecule is O=[N+]([O-])c1ccc(-c2nn3c(Sc4nnc5c6sccc6ncn45)nnc3s2)cc1. The summed E-state index contributed by atoms with van der Waals surface area (Å²) in [5.74, 6) is 0. The Morgan fingerprint density at radius 2 is 1.87 bits per heavy atom. The topological polar surface area (TPSA) is 129 Å². The van der Waals surface area contributed by atoms with E-state index in [9.17, 15) is 10.1 Å². The second kappa shape index (κ2) is 6.51. The van der Waals surface area contributed by atoms with Gasteiger partial charge >= 0.3 is 0 Å². The summed E-state index contributed by atoms with van der Waals surface area (Å²) in [5, 5.41) is 36.1. The average Bonchev–Trinajstić information content (AvgIpc) is 3.52. The maximum atomic E-state index is 10.8. The predicted octanol–water partition coefficient (Wildman–Crippen LogP) is 3.56. The number of hydrogen-bond donors (Lipinski definition) is 0. The van der Waals surface area contributed by atoms with Crippen LogP contribution in [0.3, 0.4) is 0 Å². The molecule has 0 spiro atoms. The van der Waals surface area contributed by atoms with E-state index < -0.39 is 4.92 Å². The van der Waals surface area contributed by atoms with Crippen LogP contribution < -0.4 is 0 Å². The molecule has 6 aromatic rings. The van der Waals surface area contributed by atoms with Gasteiger partial charge in [-0.2, -0.15) is 9.61 Å². The van der Waals surface area contributed by atoms with Crippen molar-refractivity contribution in [3.05, 3.63) is 52.2 Å². The van der Waals surface area contributed by atoms with E-state index in [0.29, 0.717) is 20.3 Å². The third-order valence-corrected chi connectivity index (χ3v) is 7.04. The van der Waals surface area contributed by atoms with Crippen molar-refractivity contribution in [2.75, 3.05) is 0 Å². The van der Waals surface area contributed by atoms with Crippen molar-refractivity contribution in [3.8, 4) is 10.6 Å². The summed E-state index contributed by atoms with van der Waals surface area (Å²) in [6.07, 6.45) is 1.69. The number of nitrogens with zero attached hydrogens (tertiary/aromatic N) is 9. The molecular formula is C16H7N9O2S3. The number of thiophene rings is 1. The fraction of sp³-hybridized carbons (Fsp3) is 0. The van der Waals surface area contributed by atoms with Crippen molar-refractivity contribution >= 4 is 60.9 Å². The number of nitro benzene ring substituents is 1. The molecule has 0 aliphatic rings. The Labute approximate surface area is 178 Å². The van der Waals surface area contributed by atoms with Gasteiger partial charge in [0.1, 0.15) is 11.3 Å². The highest BCUT2D eigenvalue weighted by Crippen LogP contribution is 2.32. The minimum atomic E-state index is -0.432. The molecule has 30 heavy (non-hydrogen) atoms. The molecule has 0 bridgehead atoms. The molecule has 11 nitrogen and oxygen atoms in total. The summed E-state index contributed by atoms with van der Waals surface area (Å²) in [6.45, 7) is 0. The molecule has 0 aliphatic heterocycles. The Morgan fingerprint density at radius 3 is 2.70 bits per heavy atom. The van der Waals surface area contributed by atoms with Gasteiger partial charge in [0.2, 0.25) is 15.3 Å². The molecule has 0 saturated heterocycles. The van der Waals surface area contributed by atoms with Gasteiger partial charge in [-0.25, -0.2) is 4.98 Å². The van der Waals surface area contributed by atoms with Crippen LogP contribution in [0.25, 0.3) is 31.4 Å². The van der Waals surface area contributed by atoms with Crippen LogP contribution in [0, 0.1) is 10.1 Å². The normalized spacial score (nSPS) is 11.7. The molecule has 0 saturated carbocycles. The summed E-state index contributed by atoms with van der Waals surface area (Å²) in [4.78, 5) is 15.5. The van der Waals surface area contributed by atoms with Gasteiger partial charge in [-0.3, -0.25) is 14.5 Å². The molecule has 6 rings (SSSR count). The molecule has 0 amide bonds. The van der Waals surface area contributed by atoms with E-state index in [-0.39, 0.29) is 5.69 Å². The molecule has 0 unspecified atom stereocenters. The smallest absolute Gasteiger partial charge is 0.259 e. The van der Waals surface area contributed by atoms with E-state index in [1.807, 2.05) is 15.8 Å². The van der Waals surface area contributed by atoms with Gasteiger partial charge in [0.05, 0.1) is 15.1 Å². The lowest BCUT2D eigenvalue weighted by molar-refractivity contribution is -0.384. The molecule has 0 radical (unpaired) electrons. The average molecular weight is 453 g/mol. The van der Waals surface area contributed by atoms with Crippen LogP contribution in [0.1, 0.15) is 0 Å². The number of non-ortho nitro benzene ring substituents is 1. The summed E-state index contributed by atoms with van der Waals surface area (Å²) >= 11 is 4.19. The zero-order valence-electron chi connectivity index (χ0n) is 14.6. The highest BCUT2D eigenvalue weighted by atomic mass is 32.2. The lowest BCUT2D eigenvalue weighted by Gasteiger charge is -1.98. The molecule has 5 heterocycles. The van der Waals surface area contributed by atoms with Crippen molar-refractivity contribution in [2.24, 2.45) is 0 Å². The van der Waals surface area contributed by atoms with Crippen LogP contribution >= 0.6 is 34.4 Å². The fourth-order valence-electron chi connectivity index (χ4n) is 2.88. The van der Waals surface area contributed by atoms with Crippen LogP contribution in [-0.2, 0) is 0 Å². The summed E-state index contributed by atoms with van der Waals surface area (Å²) in [7, 11) is 0. The van der Waals surface area contributed by atoms with Gasteiger partial charge in [-0.1, -0.05) is 11.3 Å². The first-order valence-electron chi connectivity index (χ1n) is 8.39. The number of benzene rings is 1. The fourth-order valence-corrected chi connectivity index (χ4v) is 5.38. The Balaban J connectivity index is 1.38. The number of aromatic nitrogens is 8. The first-order chi connectivity index (χ1) is 14.7. The van der Waals surface area contributed by atoms with Gasteiger partial charge in [0.25, 0.3) is 5.69 Å². The Hall–Kier alpha value is -3.49. The molecular weight excluding hydrogens is 446 g/mol. The van der Waals surface area contributed by atoms with Crippen LogP contribution in [0.2, 0.25) is 0 Å². The first-order valence-corrected chi connectivity index (χ1v) is 10.9. The van der Waals surface area contributed by atoms with Crippen LogP contribution in [0.15, 0.2) is 52.4 Å². The predicted molar refractivity (Wildman–Crippen MR) is 111 cm³/mol. The highest BCUT2D eigenvalue weighted by Gasteiger charge is 2.18. The molecule has 1 aromatic carbocycles. The second-order valence-corrected chi connectivity index (χ2v) is 8.85. The molecule has 14 heteroatoms. The van der Waals surface area contributed by atoms with Crippen molar-refractivity contribution in [3.63, 3.8) is 0 Å². The molecule has 0 atom stereocenters. The number of nitro groups is 1. The van der Waals surface area contributed by atoms with Crippen molar-refractivity contribution in [2.45, 2.75) is 10.3 Å². The van der Waals surface area contributed by atoms with Gasteiger partial charge in [0, 0.05) is 17.7 Å². The highest BCUT2D eigenvalue weighted by molar-refractivity contribution is 7.99. The van der Waals surface area contributed by atoms with Gasteiger partial charge < -0.3 is 0 Å². The summed E-state index contributed by atoms with van der Waals surface area (Å²) < 4.78 is 4.41. The zero-order valence-corrected chi connectivity index (χ0v) is 17.1. The van der Waals surface area contributed by atoms with E-state index in [2.05, 4.69) is 30.5 Å². The lowest BCUT2D eigenvalue weighted by atomic mass is 10.2. The zero-order chi connectivity index (χ0) is 20.2. The van der Waals surface area contributed by atoms with Crippen molar-refractivity contribution < 1.29 is 4.92 Å². The van der Waals surface area contributed by atoms with Gasteiger partial charge in [-0.15, -0.1) is 31.7 Å². The Morgan fingerprint density at radius 1 is 1.03 bits per heavy atom. The van der Waals surface area contributed by atoms with Crippen molar-refractivity contribution in [1.82, 2.24) is 39.4 Å². The van der Waals surface area contributed by atoms with E-state index in [4.69, 9.17) is 0 Å². The summed E-state index contributed by atoms with van der Waals surface area (Å²) in [5.41, 5.74) is 2.42. The Bertz CT molecular complexity index is 1560. The maximum absolute atomic E-state index is 10.8. The first kappa shape index (κ1) is 17.4. The summed E-state index contributed by atoms with van der Waals surface area (Å²) in [6, 6.07) is 8.18. The van der Waals surface area contributed by atoms with Crippen LogP contribution in [0.4, 0.5) is 5.69 Å². The van der Waals surface area contributed by atoms with E-state index in [0.717, 1.165) is 21.4 Å². The van der Waals surface area contributed by atoms with Gasteiger partial charge in [0.15, 0.2) is 5.65 Å². The minimum absolute atomic E-state index is 0.0325. The third-order valence-electron chi connectivity index (χ3n) is 4.29. The van der Waals surface area contributed by atoms with Crippen LogP contribution in [0.5, 0.6) is 0 Å². The molecule has 146 valence electrons. The maximum Gasteiger partial charge on any atom is 0.269 e. The standard InChI is InChI=1S/C16H7N9O2S3/c26-25(27)9-3-1-8(2-4-9)13-22-24-15(29-13)20-21-16(24)30-14-19-18-12-11-10(5-6-28-11)17-7-23(12)14/h1-7H. The lowest BCUT2D eigenvalue weighted by Crippen LogP contribution is -1.93. The molecule has 0 aliphatic carbocycles. The van der Waals surface area contributed by atoms with E-state index in [1.165, 1.54) is 35.2 Å². The van der Waals surface area contributed by atoms with Crippen molar-refractivity contribution in [1.29, 1.82) is 0 Å². The quantitative estimate of drug-likeness (QED) is 0.290. The van der Waals surface area contributed by atoms with Gasteiger partial charge in [-0.05, 0) is 35.3 Å². The molecule has 0 N–H and O–H groups in total. The number of hydrogen-bond acceptors (Lipinski definition) is 11.